The van der Waals surface area contributed by atoms with Gasteiger partial charge >= 0.3 is 0 Å². The highest BCUT2D eigenvalue weighted by molar-refractivity contribution is 5.05. The van der Waals surface area contributed by atoms with E-state index < -0.39 is 0 Å². The zero-order chi connectivity index (χ0) is 20.4. The Kier molecular flexibility index (Phi) is 6.93. The summed E-state index contributed by atoms with van der Waals surface area (Å²) in [6, 6.07) is 15.9. The molecule has 0 aliphatic carbocycles. The average Bonchev–Trinajstić information content (AvgIpc) is 3.43. The zero-order valence-electron chi connectivity index (χ0n) is 16.9. The lowest BCUT2D eigenvalue weighted by Crippen LogP contribution is -2.15. The lowest BCUT2D eigenvalue weighted by molar-refractivity contribution is 0.489. The molecule has 0 unspecified atom stereocenters. The predicted molar refractivity (Wildman–Crippen MR) is 114 cm³/mol. The van der Waals surface area contributed by atoms with Crippen LogP contribution in [-0.4, -0.2) is 29.5 Å². The van der Waals surface area contributed by atoms with Gasteiger partial charge in [0.2, 0.25) is 0 Å². The van der Waals surface area contributed by atoms with E-state index in [0.29, 0.717) is 0 Å². The summed E-state index contributed by atoms with van der Waals surface area (Å²) < 4.78 is 3.91. The van der Waals surface area contributed by atoms with Crippen molar-refractivity contribution >= 4 is 0 Å². The van der Waals surface area contributed by atoms with Gasteiger partial charge in [0.25, 0.3) is 0 Å². The number of hydrogen-bond acceptors (Lipinski definition) is 6. The smallest absolute Gasteiger partial charge is 0.0762 e. The first-order valence-electron chi connectivity index (χ1n) is 10.1. The topological polar surface area (TPSA) is 85.5 Å². The van der Waals surface area contributed by atoms with Crippen LogP contribution in [0.3, 0.4) is 0 Å². The Morgan fingerprint density at radius 3 is 1.47 bits per heavy atom. The van der Waals surface area contributed by atoms with E-state index in [2.05, 4.69) is 30.8 Å². The molecular formula is C22H26N8. The third-order valence-electron chi connectivity index (χ3n) is 4.63. The van der Waals surface area contributed by atoms with E-state index in [1.165, 1.54) is 0 Å². The highest BCUT2D eigenvalue weighted by atomic mass is 15.3. The van der Waals surface area contributed by atoms with E-state index >= 15 is 0 Å². The van der Waals surface area contributed by atoms with Crippen LogP contribution in [0.2, 0.25) is 0 Å². The van der Waals surface area contributed by atoms with Crippen LogP contribution in [0.1, 0.15) is 22.8 Å². The van der Waals surface area contributed by atoms with Crippen molar-refractivity contribution in [2.45, 2.75) is 39.3 Å². The van der Waals surface area contributed by atoms with Gasteiger partial charge in [-0.15, -0.1) is 0 Å². The molecule has 2 N–H and O–H groups in total. The number of rotatable bonds is 11. The Balaban J connectivity index is 1.17. The number of pyridine rings is 2. The number of aryl methyl sites for hydroxylation is 2. The van der Waals surface area contributed by atoms with Gasteiger partial charge in [-0.2, -0.15) is 10.2 Å². The Hall–Kier alpha value is -3.36. The van der Waals surface area contributed by atoms with E-state index in [9.17, 15) is 0 Å². The second-order valence-electron chi connectivity index (χ2n) is 6.99. The molecule has 30 heavy (non-hydrogen) atoms. The molecule has 8 nitrogen and oxygen atoms in total. The van der Waals surface area contributed by atoms with Crippen LogP contribution < -0.4 is 10.6 Å². The van der Waals surface area contributed by atoms with Gasteiger partial charge in [-0.05, 0) is 36.4 Å². The molecule has 0 aliphatic rings. The van der Waals surface area contributed by atoms with Gasteiger partial charge < -0.3 is 10.6 Å². The second-order valence-corrected chi connectivity index (χ2v) is 6.99. The molecule has 0 amide bonds. The summed E-state index contributed by atoms with van der Waals surface area (Å²) in [4.78, 5) is 8.62. The van der Waals surface area contributed by atoms with Crippen molar-refractivity contribution in [2.75, 3.05) is 0 Å². The number of nitrogens with zero attached hydrogens (tertiary/aromatic N) is 6. The van der Waals surface area contributed by atoms with Crippen molar-refractivity contribution in [3.05, 3.63) is 96.1 Å². The van der Waals surface area contributed by atoms with Crippen LogP contribution in [0, 0.1) is 0 Å². The van der Waals surface area contributed by atoms with Crippen LogP contribution in [-0.2, 0) is 39.3 Å². The third kappa shape index (κ3) is 6.07. The lowest BCUT2D eigenvalue weighted by Gasteiger charge is -2.04. The monoisotopic (exact) mass is 402 g/mol. The fourth-order valence-corrected chi connectivity index (χ4v) is 3.09. The molecule has 0 atom stereocenters. The van der Waals surface area contributed by atoms with Crippen LogP contribution in [0.25, 0.3) is 0 Å². The van der Waals surface area contributed by atoms with E-state index in [1.807, 2.05) is 82.7 Å². The molecule has 0 aliphatic heterocycles. The zero-order valence-corrected chi connectivity index (χ0v) is 16.9. The van der Waals surface area contributed by atoms with E-state index in [-0.39, 0.29) is 0 Å². The first-order chi connectivity index (χ1) is 14.8. The molecule has 8 heteroatoms. The van der Waals surface area contributed by atoms with E-state index in [1.54, 1.807) is 0 Å². The molecule has 4 heterocycles. The van der Waals surface area contributed by atoms with Gasteiger partial charge in [-0.25, -0.2) is 0 Å². The number of aromatic nitrogens is 6. The Bertz CT molecular complexity index is 926. The van der Waals surface area contributed by atoms with Crippen molar-refractivity contribution < 1.29 is 0 Å². The Labute approximate surface area is 176 Å². The van der Waals surface area contributed by atoms with Gasteiger partial charge in [-0.3, -0.25) is 19.3 Å². The molecule has 154 valence electrons. The van der Waals surface area contributed by atoms with Gasteiger partial charge in [0, 0.05) is 51.0 Å². The first kappa shape index (κ1) is 19.9. The maximum atomic E-state index is 4.62. The van der Waals surface area contributed by atoms with Gasteiger partial charge in [0.05, 0.1) is 35.9 Å². The van der Waals surface area contributed by atoms with Crippen LogP contribution in [0.4, 0.5) is 0 Å². The van der Waals surface area contributed by atoms with Crippen LogP contribution >= 0.6 is 0 Å². The fourth-order valence-electron chi connectivity index (χ4n) is 3.09. The van der Waals surface area contributed by atoms with Crippen LogP contribution in [0.15, 0.2) is 73.3 Å². The molecule has 0 fully saturated rings. The quantitative estimate of drug-likeness (QED) is 0.400. The molecule has 0 saturated carbocycles. The normalized spacial score (nSPS) is 11.1. The number of nitrogens with one attached hydrogen (secondary N) is 2. The van der Waals surface area contributed by atoms with Crippen molar-refractivity contribution in [3.63, 3.8) is 0 Å². The van der Waals surface area contributed by atoms with Crippen LogP contribution in [0.5, 0.6) is 0 Å². The predicted octanol–water partition coefficient (Wildman–Crippen LogP) is 2.15. The van der Waals surface area contributed by atoms with Gasteiger partial charge in [0.1, 0.15) is 0 Å². The van der Waals surface area contributed by atoms with E-state index in [0.717, 1.165) is 62.0 Å². The average molecular weight is 403 g/mol. The SMILES string of the molecule is c1ccc(CNCc2ccn(CCn3ccc(CNCc4ccccn4)n3)n2)nc1. The first-order valence-corrected chi connectivity index (χ1v) is 10.1. The summed E-state index contributed by atoms with van der Waals surface area (Å²) in [5.74, 6) is 0. The molecule has 0 saturated heterocycles. The maximum absolute atomic E-state index is 4.62. The highest BCUT2D eigenvalue weighted by Crippen LogP contribution is 2.01. The minimum absolute atomic E-state index is 0.720. The van der Waals surface area contributed by atoms with Gasteiger partial charge in [-0.1, -0.05) is 12.1 Å². The fraction of sp³-hybridized carbons (Fsp3) is 0.273. The van der Waals surface area contributed by atoms with E-state index in [4.69, 9.17) is 0 Å². The summed E-state index contributed by atoms with van der Waals surface area (Å²) in [7, 11) is 0. The minimum Gasteiger partial charge on any atom is -0.305 e. The molecule has 4 aromatic heterocycles. The molecule has 4 aromatic rings. The van der Waals surface area contributed by atoms with Crippen molar-refractivity contribution in [1.29, 1.82) is 0 Å². The van der Waals surface area contributed by atoms with Crippen molar-refractivity contribution in [3.8, 4) is 0 Å². The minimum atomic E-state index is 0.720. The summed E-state index contributed by atoms with van der Waals surface area (Å²) >= 11 is 0. The summed E-state index contributed by atoms with van der Waals surface area (Å²) in [6.45, 7) is 4.47. The maximum Gasteiger partial charge on any atom is 0.0762 e. The summed E-state index contributed by atoms with van der Waals surface area (Å²) in [6.07, 6.45) is 7.64. The summed E-state index contributed by atoms with van der Waals surface area (Å²) in [5, 5.41) is 16.0. The molecule has 0 aromatic carbocycles. The van der Waals surface area contributed by atoms with Crippen molar-refractivity contribution in [1.82, 2.24) is 40.2 Å². The third-order valence-corrected chi connectivity index (χ3v) is 4.63. The molecule has 0 bridgehead atoms. The molecule has 4 rings (SSSR count). The van der Waals surface area contributed by atoms with Crippen molar-refractivity contribution in [2.24, 2.45) is 0 Å². The standard InChI is InChI=1S/C22H26N8/c1-3-9-25-19(5-1)15-23-17-21-7-11-29(27-21)13-14-30-12-8-22(28-30)18-24-16-20-6-2-4-10-26-20/h1-12,23-24H,13-18H2. The molecule has 0 spiro atoms. The van der Waals surface area contributed by atoms with Gasteiger partial charge in [0.15, 0.2) is 0 Å². The Morgan fingerprint density at radius 1 is 0.567 bits per heavy atom. The lowest BCUT2D eigenvalue weighted by atomic mass is 10.3. The number of hydrogen-bond donors (Lipinski definition) is 2. The second kappa shape index (κ2) is 10.4. The molecule has 0 radical (unpaired) electrons. The largest absolute Gasteiger partial charge is 0.305 e. The molecular weight excluding hydrogens is 376 g/mol. The Morgan fingerprint density at radius 2 is 1.03 bits per heavy atom. The summed E-state index contributed by atoms with van der Waals surface area (Å²) in [5.41, 5.74) is 4.10. The highest BCUT2D eigenvalue weighted by Gasteiger charge is 2.03.